The van der Waals surface area contributed by atoms with E-state index in [4.69, 9.17) is 4.74 Å². The van der Waals surface area contributed by atoms with Gasteiger partial charge in [-0.25, -0.2) is 0 Å². The fraction of sp³-hybridized carbons (Fsp3) is 0.385. The van der Waals surface area contributed by atoms with E-state index in [9.17, 15) is 5.11 Å². The molecule has 2 rings (SSSR count). The third-order valence-corrected chi connectivity index (χ3v) is 2.88. The predicted octanol–water partition coefficient (Wildman–Crippen LogP) is 3.43. The zero-order valence-corrected chi connectivity index (χ0v) is 12.2. The molecular formula is C13H17BrN2O2. The molecule has 98 valence electrons. The highest BCUT2D eigenvalue weighted by molar-refractivity contribution is 9.10. The zero-order valence-electron chi connectivity index (χ0n) is 10.6. The summed E-state index contributed by atoms with van der Waals surface area (Å²) in [5.74, 6) is 0. The van der Waals surface area contributed by atoms with E-state index in [0.29, 0.717) is 0 Å². The summed E-state index contributed by atoms with van der Waals surface area (Å²) < 4.78 is 6.40. The lowest BCUT2D eigenvalue weighted by Gasteiger charge is -2.24. The van der Waals surface area contributed by atoms with Crippen LogP contribution in [0.5, 0.6) is 0 Å². The van der Waals surface area contributed by atoms with Crippen LogP contribution in [-0.2, 0) is 4.74 Å². The van der Waals surface area contributed by atoms with Gasteiger partial charge in [0.25, 0.3) is 0 Å². The lowest BCUT2D eigenvalue weighted by molar-refractivity contribution is -0.148. The lowest BCUT2D eigenvalue weighted by Crippen LogP contribution is -2.32. The van der Waals surface area contributed by atoms with E-state index in [0.717, 1.165) is 21.1 Å². The van der Waals surface area contributed by atoms with Crippen LogP contribution >= 0.6 is 15.9 Å². The summed E-state index contributed by atoms with van der Waals surface area (Å²) in [4.78, 5) is 3.13. The second-order valence-electron chi connectivity index (χ2n) is 5.12. The van der Waals surface area contributed by atoms with Crippen molar-refractivity contribution in [1.29, 1.82) is 0 Å². The molecule has 0 aliphatic carbocycles. The smallest absolute Gasteiger partial charge is 0.235 e. The first-order valence-electron chi connectivity index (χ1n) is 5.74. The molecule has 4 nitrogen and oxygen atoms in total. The number of anilines is 1. The van der Waals surface area contributed by atoms with Crippen LogP contribution in [0.25, 0.3) is 10.9 Å². The number of aromatic amines is 1. The molecule has 1 unspecified atom stereocenters. The summed E-state index contributed by atoms with van der Waals surface area (Å²) >= 11 is 3.43. The van der Waals surface area contributed by atoms with Crippen LogP contribution in [0, 0.1) is 0 Å². The molecule has 1 heterocycles. The van der Waals surface area contributed by atoms with Gasteiger partial charge in [0.1, 0.15) is 0 Å². The SMILES string of the molecule is CC(C)(C)OC(O)Nc1c[nH]c2ccc(Br)cc12. The van der Waals surface area contributed by atoms with Crippen molar-refractivity contribution in [3.05, 3.63) is 28.9 Å². The maximum atomic E-state index is 9.83. The highest BCUT2D eigenvalue weighted by atomic mass is 79.9. The van der Waals surface area contributed by atoms with Gasteiger partial charge < -0.3 is 20.1 Å². The van der Waals surface area contributed by atoms with Gasteiger partial charge in [-0.05, 0) is 39.0 Å². The first-order valence-corrected chi connectivity index (χ1v) is 6.53. The quantitative estimate of drug-likeness (QED) is 0.761. The van der Waals surface area contributed by atoms with Gasteiger partial charge in [0.15, 0.2) is 0 Å². The van der Waals surface area contributed by atoms with E-state index in [1.54, 1.807) is 0 Å². The number of hydrogen-bond acceptors (Lipinski definition) is 3. The topological polar surface area (TPSA) is 57.3 Å². The van der Waals surface area contributed by atoms with Crippen LogP contribution in [0.4, 0.5) is 5.69 Å². The Bertz CT molecular complexity index is 545. The molecule has 3 N–H and O–H groups in total. The van der Waals surface area contributed by atoms with Gasteiger partial charge in [0.2, 0.25) is 6.41 Å². The molecule has 5 heteroatoms. The van der Waals surface area contributed by atoms with Gasteiger partial charge in [-0.3, -0.25) is 0 Å². The van der Waals surface area contributed by atoms with Crippen molar-refractivity contribution in [3.8, 4) is 0 Å². The van der Waals surface area contributed by atoms with E-state index in [1.165, 1.54) is 0 Å². The summed E-state index contributed by atoms with van der Waals surface area (Å²) in [7, 11) is 0. The van der Waals surface area contributed by atoms with E-state index < -0.39 is 12.0 Å². The maximum absolute atomic E-state index is 9.83. The van der Waals surface area contributed by atoms with E-state index in [2.05, 4.69) is 26.2 Å². The number of aromatic nitrogens is 1. The largest absolute Gasteiger partial charge is 0.359 e. The predicted molar refractivity (Wildman–Crippen MR) is 76.5 cm³/mol. The first kappa shape index (κ1) is 13.4. The third-order valence-electron chi connectivity index (χ3n) is 2.39. The molecule has 0 saturated heterocycles. The van der Waals surface area contributed by atoms with Crippen LogP contribution in [0.15, 0.2) is 28.9 Å². The highest BCUT2D eigenvalue weighted by Gasteiger charge is 2.17. The number of nitrogens with one attached hydrogen (secondary N) is 2. The minimum atomic E-state index is -1.04. The number of H-pyrrole nitrogens is 1. The Hall–Kier alpha value is -1.04. The number of ether oxygens (including phenoxy) is 1. The zero-order chi connectivity index (χ0) is 13.3. The average Bonchev–Trinajstić information content (AvgIpc) is 2.58. The first-order chi connectivity index (χ1) is 8.35. The average molecular weight is 313 g/mol. The molecule has 0 fully saturated rings. The van der Waals surface area contributed by atoms with Crippen molar-refractivity contribution in [2.75, 3.05) is 5.32 Å². The fourth-order valence-corrected chi connectivity index (χ4v) is 2.07. The molecule has 1 atom stereocenters. The number of halogens is 1. The lowest BCUT2D eigenvalue weighted by atomic mass is 10.2. The molecule has 1 aromatic heterocycles. The van der Waals surface area contributed by atoms with Crippen LogP contribution in [0.2, 0.25) is 0 Å². The van der Waals surface area contributed by atoms with Crippen LogP contribution in [-0.4, -0.2) is 22.1 Å². The van der Waals surface area contributed by atoms with Gasteiger partial charge in [-0.15, -0.1) is 0 Å². The number of aliphatic hydroxyl groups is 1. The minimum Gasteiger partial charge on any atom is -0.359 e. The van der Waals surface area contributed by atoms with Crippen molar-refractivity contribution in [2.45, 2.75) is 32.8 Å². The monoisotopic (exact) mass is 312 g/mol. The van der Waals surface area contributed by atoms with Gasteiger partial charge in [0, 0.05) is 21.6 Å². The Morgan fingerprint density at radius 1 is 1.39 bits per heavy atom. The second-order valence-corrected chi connectivity index (χ2v) is 6.03. The molecule has 0 saturated carbocycles. The van der Waals surface area contributed by atoms with E-state index in [1.807, 2.05) is 45.2 Å². The molecule has 18 heavy (non-hydrogen) atoms. The molecular weight excluding hydrogens is 296 g/mol. The molecule has 2 aromatic rings. The van der Waals surface area contributed by atoms with Crippen molar-refractivity contribution in [3.63, 3.8) is 0 Å². The number of rotatable bonds is 3. The van der Waals surface area contributed by atoms with E-state index in [-0.39, 0.29) is 0 Å². The summed E-state index contributed by atoms with van der Waals surface area (Å²) in [5.41, 5.74) is 1.41. The van der Waals surface area contributed by atoms with Gasteiger partial charge in [0.05, 0.1) is 11.3 Å². The normalized spacial score (nSPS) is 13.8. The Balaban J connectivity index is 2.19. The van der Waals surface area contributed by atoms with Gasteiger partial charge in [-0.1, -0.05) is 15.9 Å². The Morgan fingerprint density at radius 2 is 2.11 bits per heavy atom. The molecule has 1 aromatic carbocycles. The second kappa shape index (κ2) is 4.91. The summed E-state index contributed by atoms with van der Waals surface area (Å²) in [6, 6.07) is 5.92. The fourth-order valence-electron chi connectivity index (χ4n) is 1.71. The summed E-state index contributed by atoms with van der Waals surface area (Å²) in [6.45, 7) is 5.68. The van der Waals surface area contributed by atoms with Crippen LogP contribution in [0.3, 0.4) is 0 Å². The number of benzene rings is 1. The standard InChI is InChI=1S/C13H17BrN2O2/c1-13(2,3)18-12(17)16-11-7-15-10-5-4-8(14)6-9(10)11/h4-7,12,15-17H,1-3H3. The van der Waals surface area contributed by atoms with Crippen molar-refractivity contribution in [1.82, 2.24) is 4.98 Å². The number of aliphatic hydroxyl groups excluding tert-OH is 1. The van der Waals surface area contributed by atoms with Crippen molar-refractivity contribution < 1.29 is 9.84 Å². The number of hydrogen-bond donors (Lipinski definition) is 3. The molecule has 0 amide bonds. The van der Waals surface area contributed by atoms with Crippen molar-refractivity contribution >= 4 is 32.5 Å². The van der Waals surface area contributed by atoms with Gasteiger partial charge in [-0.2, -0.15) is 0 Å². The highest BCUT2D eigenvalue weighted by Crippen LogP contribution is 2.27. The Labute approximate surface area is 114 Å². The van der Waals surface area contributed by atoms with E-state index >= 15 is 0 Å². The number of fused-ring (bicyclic) bond motifs is 1. The maximum Gasteiger partial charge on any atom is 0.235 e. The van der Waals surface area contributed by atoms with Gasteiger partial charge >= 0.3 is 0 Å². The van der Waals surface area contributed by atoms with Crippen molar-refractivity contribution in [2.24, 2.45) is 0 Å². The molecule has 0 radical (unpaired) electrons. The van der Waals surface area contributed by atoms with Crippen LogP contribution in [0.1, 0.15) is 20.8 Å². The molecule has 0 bridgehead atoms. The molecule has 0 spiro atoms. The molecule has 0 aliphatic rings. The molecule has 0 aliphatic heterocycles. The summed E-state index contributed by atoms with van der Waals surface area (Å²) in [6.07, 6.45) is 0.773. The summed E-state index contributed by atoms with van der Waals surface area (Å²) in [5, 5.41) is 13.8. The van der Waals surface area contributed by atoms with Crippen LogP contribution < -0.4 is 5.32 Å². The Kier molecular flexibility index (Phi) is 3.66. The minimum absolute atomic E-state index is 0.404. The third kappa shape index (κ3) is 3.25. The Morgan fingerprint density at radius 3 is 2.78 bits per heavy atom.